The first-order valence-electron chi connectivity index (χ1n) is 28.3. The van der Waals surface area contributed by atoms with Gasteiger partial charge in [0.2, 0.25) is 23.6 Å². The summed E-state index contributed by atoms with van der Waals surface area (Å²) < 4.78 is 51.2. The van der Waals surface area contributed by atoms with Crippen molar-refractivity contribution in [1.82, 2.24) is 20.6 Å². The number of ether oxygens (including phenoxy) is 9. The van der Waals surface area contributed by atoms with Crippen LogP contribution in [0.25, 0.3) is 0 Å². The van der Waals surface area contributed by atoms with Gasteiger partial charge in [-0.25, -0.2) is 14.4 Å². The molecule has 466 valence electrons. The number of likely N-dealkylation sites (tertiary alicyclic amines) is 1. The molecule has 25 nitrogen and oxygen atoms in total. The number of allylic oxidation sites excluding steroid dienone is 3. The number of anilines is 1. The van der Waals surface area contributed by atoms with Crippen LogP contribution < -0.4 is 15.5 Å². The highest BCUT2D eigenvalue weighted by Crippen LogP contribution is 2.49. The van der Waals surface area contributed by atoms with Gasteiger partial charge in [0.1, 0.15) is 23.5 Å². The van der Waals surface area contributed by atoms with Crippen LogP contribution >= 0.6 is 23.4 Å². The average Bonchev–Trinajstić information content (AvgIpc) is 1.99. The lowest BCUT2D eigenvalue weighted by Gasteiger charge is -2.41. The number of benzene rings is 1. The summed E-state index contributed by atoms with van der Waals surface area (Å²) in [4.78, 5) is 121. The number of alkyl carbamates (subject to hydrolysis) is 1. The number of rotatable bonds is 29. The molecule has 5 aliphatic heterocycles. The minimum Gasteiger partial charge on any atom is -0.457 e. The molecule has 0 spiro atoms. The summed E-state index contributed by atoms with van der Waals surface area (Å²) in [5.41, 5.74) is 0.312. The number of carbonyl (C=O) groups is 9. The third-order valence-corrected chi connectivity index (χ3v) is 16.6. The fourth-order valence-corrected chi connectivity index (χ4v) is 11.1. The molecule has 27 heteroatoms. The zero-order valence-corrected chi connectivity index (χ0v) is 50.4. The lowest BCUT2D eigenvalue weighted by Crippen LogP contribution is -2.60. The van der Waals surface area contributed by atoms with E-state index >= 15 is 0 Å². The molecular weight excluding hydrogens is 1140 g/mol. The first-order valence-corrected chi connectivity index (χ1v) is 29.7. The molecule has 0 aliphatic carbocycles. The van der Waals surface area contributed by atoms with Gasteiger partial charge in [0.25, 0.3) is 11.8 Å². The van der Waals surface area contributed by atoms with E-state index in [1.54, 1.807) is 20.9 Å². The van der Waals surface area contributed by atoms with E-state index in [0.717, 1.165) is 21.6 Å². The molecule has 1 aromatic carbocycles. The van der Waals surface area contributed by atoms with Crippen molar-refractivity contribution in [3.63, 3.8) is 0 Å². The van der Waals surface area contributed by atoms with Crippen molar-refractivity contribution in [3.8, 4) is 0 Å². The number of carbonyl (C=O) groups excluding carboxylic acids is 9. The highest BCUT2D eigenvalue weighted by Gasteiger charge is 2.64. The number of nitrogens with zero attached hydrogens (tertiary/aromatic N) is 3. The number of epoxide rings is 1. The summed E-state index contributed by atoms with van der Waals surface area (Å²) in [5.74, 6) is -4.72. The monoisotopic (exact) mass is 1220 g/mol. The van der Waals surface area contributed by atoms with Crippen molar-refractivity contribution in [2.24, 2.45) is 11.8 Å². The zero-order valence-electron chi connectivity index (χ0n) is 48.8. The maximum atomic E-state index is 14.2. The van der Waals surface area contributed by atoms with Crippen molar-refractivity contribution < 1.29 is 95.7 Å². The molecule has 4 bridgehead atoms. The number of amides is 7. The Morgan fingerprint density at radius 1 is 0.857 bits per heavy atom. The van der Waals surface area contributed by atoms with E-state index in [0.29, 0.717) is 47.8 Å². The van der Waals surface area contributed by atoms with Gasteiger partial charge in [-0.05, 0) is 51.3 Å². The van der Waals surface area contributed by atoms with Crippen LogP contribution in [0, 0.1) is 18.8 Å². The number of thioether (sulfide) groups is 1. The molecule has 7 amide bonds. The fraction of sp³-hybridized carbons (Fsp3) is 0.667. The molecule has 5 aliphatic rings. The zero-order chi connectivity index (χ0) is 61.1. The lowest BCUT2D eigenvalue weighted by molar-refractivity contribution is -0.198. The third-order valence-electron chi connectivity index (χ3n) is 14.9. The maximum absolute atomic E-state index is 14.2. The van der Waals surface area contributed by atoms with Crippen LogP contribution in [-0.4, -0.2) is 208 Å². The van der Waals surface area contributed by atoms with Gasteiger partial charge in [-0.2, -0.15) is 0 Å². The highest BCUT2D eigenvalue weighted by molar-refractivity contribution is 8.00. The number of imide groups is 2. The van der Waals surface area contributed by atoms with Crippen molar-refractivity contribution in [2.45, 2.75) is 134 Å². The van der Waals surface area contributed by atoms with Crippen LogP contribution in [-0.2, 0) is 92.2 Å². The van der Waals surface area contributed by atoms with Gasteiger partial charge in [-0.1, -0.05) is 55.3 Å². The predicted octanol–water partition coefficient (Wildman–Crippen LogP) is 3.44. The molecule has 0 radical (unpaired) electrons. The molecule has 4 saturated heterocycles. The molecule has 0 aromatic heterocycles. The average molecular weight is 1220 g/mol. The normalized spacial score (nSPS) is 27.0. The third kappa shape index (κ3) is 19.5. The first kappa shape index (κ1) is 67.6. The summed E-state index contributed by atoms with van der Waals surface area (Å²) >= 11 is 8.08. The Morgan fingerprint density at radius 3 is 2.19 bits per heavy atom. The van der Waals surface area contributed by atoms with E-state index in [1.165, 1.54) is 23.6 Å². The van der Waals surface area contributed by atoms with E-state index in [1.807, 2.05) is 51.1 Å². The van der Waals surface area contributed by atoms with E-state index in [4.69, 9.17) is 59.1 Å². The molecule has 4 fully saturated rings. The van der Waals surface area contributed by atoms with Crippen LogP contribution in [0.1, 0.15) is 90.7 Å². The number of hydrogen-bond donors (Lipinski definition) is 3. The van der Waals surface area contributed by atoms with E-state index in [-0.39, 0.29) is 129 Å². The molecule has 1 aromatic rings. The topological polar surface area (TPSA) is 303 Å². The quantitative estimate of drug-likeness (QED) is 0.0448. The largest absolute Gasteiger partial charge is 0.457 e. The number of hydroxylamine groups is 2. The SMILES string of the molecule is C/C1=C\C=C\[C@@H](C)[C@@]2(O)CC(OC(=O)N2)[C@@H](C)[C@@H]2O[C@@]2(C)[C@@H](OC(=O)[C@H](C)OCCOCCSC2CC(=O)N(CCC(=O)NCCOCCOCCOCCOCCC(=O)ON3C(=O)CCC3=O)C2=O)CC(=O)N(C)c2cc(cc(C)c2Cl)C1. The van der Waals surface area contributed by atoms with Crippen LogP contribution in [0.4, 0.5) is 10.5 Å². The smallest absolute Gasteiger partial charge is 0.409 e. The van der Waals surface area contributed by atoms with Gasteiger partial charge in [-0.3, -0.25) is 39.0 Å². The number of esters is 1. The summed E-state index contributed by atoms with van der Waals surface area (Å²) in [6.07, 6.45) is 1.27. The number of hydrogen-bond acceptors (Lipinski definition) is 21. The minimum absolute atomic E-state index is 0.00194. The van der Waals surface area contributed by atoms with E-state index < -0.39 is 88.6 Å². The highest BCUT2D eigenvalue weighted by atomic mass is 35.5. The van der Waals surface area contributed by atoms with E-state index in [9.17, 15) is 48.3 Å². The van der Waals surface area contributed by atoms with Gasteiger partial charge in [0, 0.05) is 69.8 Å². The first-order chi connectivity index (χ1) is 40.0. The van der Waals surface area contributed by atoms with E-state index in [2.05, 4.69) is 10.6 Å². The van der Waals surface area contributed by atoms with Crippen LogP contribution in [0.2, 0.25) is 5.02 Å². The molecule has 3 N–H and O–H groups in total. The van der Waals surface area contributed by atoms with Crippen LogP contribution in [0.5, 0.6) is 0 Å². The molecule has 0 saturated carbocycles. The van der Waals surface area contributed by atoms with Crippen LogP contribution in [0.3, 0.4) is 0 Å². The Bertz CT molecular complexity index is 2580. The maximum Gasteiger partial charge on any atom is 0.409 e. The van der Waals surface area contributed by atoms with Crippen LogP contribution in [0.15, 0.2) is 35.9 Å². The second-order valence-electron chi connectivity index (χ2n) is 21.4. The number of nitrogens with one attached hydrogen (secondary N) is 2. The molecular formula is C57H80ClN5O20S. The number of aliphatic hydroxyl groups is 1. The number of halogens is 1. The Hall–Kier alpha value is -5.55. The van der Waals surface area contributed by atoms with Gasteiger partial charge in [0.05, 0.1) is 108 Å². The molecule has 6 rings (SSSR count). The summed E-state index contributed by atoms with van der Waals surface area (Å²) in [5, 5.41) is 17.3. The molecule has 5 heterocycles. The van der Waals surface area contributed by atoms with Gasteiger partial charge in [0.15, 0.2) is 6.10 Å². The second kappa shape index (κ2) is 32.3. The minimum atomic E-state index is -1.64. The summed E-state index contributed by atoms with van der Waals surface area (Å²) in [6, 6.07) is 3.81. The summed E-state index contributed by atoms with van der Waals surface area (Å²) in [7, 11) is 1.61. The lowest BCUT2D eigenvalue weighted by atomic mass is 9.82. The number of aryl methyl sites for hydroxylation is 1. The Balaban J connectivity index is 0.842. The van der Waals surface area contributed by atoms with Crippen molar-refractivity contribution in [2.75, 3.05) is 103 Å². The van der Waals surface area contributed by atoms with Gasteiger partial charge in [-0.15, -0.1) is 16.8 Å². The van der Waals surface area contributed by atoms with Crippen molar-refractivity contribution in [1.29, 1.82) is 0 Å². The van der Waals surface area contributed by atoms with Crippen molar-refractivity contribution in [3.05, 3.63) is 52.1 Å². The predicted molar refractivity (Wildman–Crippen MR) is 302 cm³/mol. The molecule has 9 atom stereocenters. The van der Waals surface area contributed by atoms with Gasteiger partial charge >= 0.3 is 18.0 Å². The summed E-state index contributed by atoms with van der Waals surface area (Å²) in [6.45, 7) is 13.0. The molecule has 84 heavy (non-hydrogen) atoms. The second-order valence-corrected chi connectivity index (χ2v) is 23.1. The number of fused-ring (bicyclic) bond motifs is 5. The fourth-order valence-electron chi connectivity index (χ4n) is 9.79. The molecule has 2 unspecified atom stereocenters. The van der Waals surface area contributed by atoms with Gasteiger partial charge < -0.3 is 62.8 Å². The van der Waals surface area contributed by atoms with Crippen molar-refractivity contribution >= 4 is 82.5 Å². The Kier molecular flexibility index (Phi) is 26.0. The Morgan fingerprint density at radius 2 is 1.50 bits per heavy atom. The Labute approximate surface area is 498 Å². The standard InChI is InChI=1S/C57H80ClN5O20S/c1-35-9-8-10-37(3)57(73)34-42(80-55(72)60-57)38(4)52-56(6,82-52)44(33-48(67)61(7)41-31-40(29-35)30-36(2)51(41)58)81-54(71)39(5)79-26-25-78-27-28-84-43-32-49(68)62(53(43)70)16-13-45(64)59-15-18-75-20-22-77-24-23-76-21-19-74-17-14-50(69)83-63-46(65)11-12-47(63)66/h8-10,30-31,37-39,42-44,52,73H,11-29,32-34H2,1-7H3,(H,59,64)(H,60,72)/b10-8+,35-9+/t37-,38-,39+,42?,43?,44+,52+,56+,57+/m1/s1.